The molecule has 0 spiro atoms. The van der Waals surface area contributed by atoms with Crippen LogP contribution in [0.3, 0.4) is 0 Å². The quantitative estimate of drug-likeness (QED) is 0.788. The molecule has 0 atom stereocenters. The van der Waals surface area contributed by atoms with Crippen LogP contribution in [-0.4, -0.2) is 50.1 Å². The largest absolute Gasteiger partial charge is 0.480 e. The van der Waals surface area contributed by atoms with Crippen molar-refractivity contribution in [2.24, 2.45) is 0 Å². The predicted molar refractivity (Wildman–Crippen MR) is 81.5 cm³/mol. The molecule has 0 bridgehead atoms. The van der Waals surface area contributed by atoms with Crippen molar-refractivity contribution in [3.05, 3.63) is 28.5 Å². The van der Waals surface area contributed by atoms with Crippen molar-refractivity contribution in [2.45, 2.75) is 23.8 Å². The third-order valence-electron chi connectivity index (χ3n) is 3.45. The second kappa shape index (κ2) is 7.03. The van der Waals surface area contributed by atoms with Crippen LogP contribution >= 0.6 is 15.9 Å². The number of nitrogens with zero attached hydrogens (tertiary/aromatic N) is 1. The van der Waals surface area contributed by atoms with Gasteiger partial charge in [-0.1, -0.05) is 15.9 Å². The van der Waals surface area contributed by atoms with Gasteiger partial charge in [0.15, 0.2) is 0 Å². The number of benzene rings is 1. The molecule has 0 saturated carbocycles. The monoisotopic (exact) mass is 394 g/mol. The molecule has 2 rings (SSSR count). The number of likely N-dealkylation sites (tertiary alicyclic amines) is 1. The van der Waals surface area contributed by atoms with Gasteiger partial charge in [0.25, 0.3) is 0 Å². The summed E-state index contributed by atoms with van der Waals surface area (Å²) in [5.41, 5.74) is 0. The Morgan fingerprint density at radius 3 is 2.64 bits per heavy atom. The highest BCUT2D eigenvalue weighted by atomic mass is 79.9. The molecule has 122 valence electrons. The van der Waals surface area contributed by atoms with E-state index in [1.165, 1.54) is 12.1 Å². The zero-order chi connectivity index (χ0) is 16.3. The van der Waals surface area contributed by atoms with E-state index in [2.05, 4.69) is 20.7 Å². The average Bonchev–Trinajstić information content (AvgIpc) is 2.43. The molecule has 0 unspecified atom stereocenters. The summed E-state index contributed by atoms with van der Waals surface area (Å²) in [6, 6.07) is 3.41. The van der Waals surface area contributed by atoms with Crippen molar-refractivity contribution >= 4 is 31.9 Å². The fraction of sp³-hybridized carbons (Fsp3) is 0.462. The summed E-state index contributed by atoms with van der Waals surface area (Å²) in [5.74, 6) is -1.71. The first-order valence-corrected chi connectivity index (χ1v) is 8.97. The number of aliphatic carboxylic acids is 1. The molecule has 1 heterocycles. The third kappa shape index (κ3) is 4.48. The van der Waals surface area contributed by atoms with Crippen LogP contribution in [0.25, 0.3) is 0 Å². The molecule has 6 nitrogen and oxygen atoms in total. The average molecular weight is 395 g/mol. The molecule has 1 aromatic rings. The first-order valence-electron chi connectivity index (χ1n) is 6.69. The van der Waals surface area contributed by atoms with Crippen LogP contribution in [0.1, 0.15) is 12.8 Å². The maximum atomic E-state index is 13.7. The number of carboxylic acid groups (broad SMARTS) is 1. The zero-order valence-corrected chi connectivity index (χ0v) is 14.0. The lowest BCUT2D eigenvalue weighted by Crippen LogP contribution is -2.45. The number of rotatable bonds is 5. The highest BCUT2D eigenvalue weighted by Gasteiger charge is 2.27. The maximum Gasteiger partial charge on any atom is 0.317 e. The Labute approximate surface area is 136 Å². The van der Waals surface area contributed by atoms with Crippen LogP contribution in [0, 0.1) is 5.82 Å². The standard InChI is InChI=1S/C13H16BrFN2O4S/c14-9-1-2-11(15)12(7-9)22(20,21)16-10-3-5-17(6-4-10)8-13(18)19/h1-2,7,10,16H,3-6,8H2,(H,18,19). The lowest BCUT2D eigenvalue weighted by molar-refractivity contribution is -0.138. The second-order valence-electron chi connectivity index (χ2n) is 5.14. The van der Waals surface area contributed by atoms with Gasteiger partial charge < -0.3 is 5.11 Å². The molecular weight excluding hydrogens is 379 g/mol. The highest BCUT2D eigenvalue weighted by Crippen LogP contribution is 2.21. The van der Waals surface area contributed by atoms with Gasteiger partial charge in [-0.15, -0.1) is 0 Å². The molecule has 22 heavy (non-hydrogen) atoms. The molecule has 0 aromatic heterocycles. The molecule has 9 heteroatoms. The number of nitrogens with one attached hydrogen (secondary N) is 1. The number of carbonyl (C=O) groups is 1. The topological polar surface area (TPSA) is 86.7 Å². The number of halogens is 2. The Kier molecular flexibility index (Phi) is 5.54. The van der Waals surface area contributed by atoms with E-state index in [-0.39, 0.29) is 12.6 Å². The summed E-state index contributed by atoms with van der Waals surface area (Å²) in [5, 5.41) is 8.72. The van der Waals surface area contributed by atoms with Crippen molar-refractivity contribution in [3.63, 3.8) is 0 Å². The van der Waals surface area contributed by atoms with Crippen LogP contribution in [0.5, 0.6) is 0 Å². The molecule has 1 aliphatic rings. The lowest BCUT2D eigenvalue weighted by Gasteiger charge is -2.31. The fourth-order valence-electron chi connectivity index (χ4n) is 2.37. The molecule has 1 fully saturated rings. The van der Waals surface area contributed by atoms with Crippen LogP contribution < -0.4 is 4.72 Å². The summed E-state index contributed by atoms with van der Waals surface area (Å²) in [6.07, 6.45) is 0.976. The molecular formula is C13H16BrFN2O4S. The Hall–Kier alpha value is -1.03. The van der Waals surface area contributed by atoms with Gasteiger partial charge >= 0.3 is 5.97 Å². The van der Waals surface area contributed by atoms with Crippen molar-refractivity contribution in [2.75, 3.05) is 19.6 Å². The maximum absolute atomic E-state index is 13.7. The normalized spacial score (nSPS) is 17.5. The summed E-state index contributed by atoms with van der Waals surface area (Å²) < 4.78 is 41.2. The molecule has 1 aromatic carbocycles. The Morgan fingerprint density at radius 2 is 2.05 bits per heavy atom. The van der Waals surface area contributed by atoms with Crippen LogP contribution in [0.4, 0.5) is 4.39 Å². The Bertz CT molecular complexity index is 660. The zero-order valence-electron chi connectivity index (χ0n) is 11.6. The van der Waals surface area contributed by atoms with Crippen molar-refractivity contribution in [1.29, 1.82) is 0 Å². The second-order valence-corrected chi connectivity index (χ2v) is 7.74. The first kappa shape index (κ1) is 17.3. The van der Waals surface area contributed by atoms with Gasteiger partial charge in [0.1, 0.15) is 10.7 Å². The summed E-state index contributed by atoms with van der Waals surface area (Å²) in [6.45, 7) is 0.917. The highest BCUT2D eigenvalue weighted by molar-refractivity contribution is 9.10. The van der Waals surface area contributed by atoms with Gasteiger partial charge in [0.2, 0.25) is 10.0 Å². The van der Waals surface area contributed by atoms with E-state index in [9.17, 15) is 17.6 Å². The van der Waals surface area contributed by atoms with E-state index in [0.29, 0.717) is 30.4 Å². The number of sulfonamides is 1. The van der Waals surface area contributed by atoms with Crippen LogP contribution in [0.15, 0.2) is 27.6 Å². The first-order chi connectivity index (χ1) is 10.3. The van der Waals surface area contributed by atoms with Gasteiger partial charge in [-0.3, -0.25) is 9.69 Å². The van der Waals surface area contributed by atoms with Crippen molar-refractivity contribution in [3.8, 4) is 0 Å². The Morgan fingerprint density at radius 1 is 1.41 bits per heavy atom. The van der Waals surface area contributed by atoms with E-state index < -0.39 is 26.7 Å². The molecule has 1 saturated heterocycles. The van der Waals surface area contributed by atoms with Gasteiger partial charge in [0, 0.05) is 23.6 Å². The summed E-state index contributed by atoms with van der Waals surface area (Å²) >= 11 is 3.12. The van der Waals surface area contributed by atoms with Crippen molar-refractivity contribution < 1.29 is 22.7 Å². The summed E-state index contributed by atoms with van der Waals surface area (Å²) in [4.78, 5) is 12.0. The SMILES string of the molecule is O=C(O)CN1CCC(NS(=O)(=O)c2cc(Br)ccc2F)CC1. The minimum absolute atomic E-state index is 0.0558. The van der Waals surface area contributed by atoms with E-state index in [1.807, 2.05) is 0 Å². The van der Waals surface area contributed by atoms with Crippen LogP contribution in [-0.2, 0) is 14.8 Å². The van der Waals surface area contributed by atoms with E-state index in [0.717, 1.165) is 6.07 Å². The Balaban J connectivity index is 2.02. The van der Waals surface area contributed by atoms with Gasteiger partial charge in [-0.05, 0) is 31.0 Å². The number of carboxylic acids is 1. The molecule has 1 aliphatic heterocycles. The van der Waals surface area contributed by atoms with Gasteiger partial charge in [-0.25, -0.2) is 17.5 Å². The third-order valence-corrected chi connectivity index (χ3v) is 5.48. The summed E-state index contributed by atoms with van der Waals surface area (Å²) in [7, 11) is -3.94. The van der Waals surface area contributed by atoms with Gasteiger partial charge in [0.05, 0.1) is 6.54 Å². The van der Waals surface area contributed by atoms with Crippen molar-refractivity contribution in [1.82, 2.24) is 9.62 Å². The number of hydrogen-bond donors (Lipinski definition) is 2. The van der Waals surface area contributed by atoms with E-state index >= 15 is 0 Å². The number of piperidine rings is 1. The minimum Gasteiger partial charge on any atom is -0.480 e. The fourth-order valence-corrected chi connectivity index (χ4v) is 4.29. The smallest absolute Gasteiger partial charge is 0.317 e. The van der Waals surface area contributed by atoms with Gasteiger partial charge in [-0.2, -0.15) is 0 Å². The molecule has 2 N–H and O–H groups in total. The van der Waals surface area contributed by atoms with Crippen LogP contribution in [0.2, 0.25) is 0 Å². The molecule has 0 aliphatic carbocycles. The van der Waals surface area contributed by atoms with E-state index in [4.69, 9.17) is 5.11 Å². The molecule has 0 radical (unpaired) electrons. The predicted octanol–water partition coefficient (Wildman–Crippen LogP) is 1.42. The number of hydrogen-bond acceptors (Lipinski definition) is 4. The lowest BCUT2D eigenvalue weighted by atomic mass is 10.1. The molecule has 0 amide bonds. The van der Waals surface area contributed by atoms with E-state index in [1.54, 1.807) is 4.90 Å². The minimum atomic E-state index is -3.94.